The summed E-state index contributed by atoms with van der Waals surface area (Å²) < 4.78 is 5.33. The highest BCUT2D eigenvalue weighted by Gasteiger charge is 2.08. The summed E-state index contributed by atoms with van der Waals surface area (Å²) in [5, 5.41) is 0. The molecule has 0 atom stereocenters. The van der Waals surface area contributed by atoms with Crippen molar-refractivity contribution in [1.29, 1.82) is 0 Å². The minimum atomic E-state index is 0.213. The maximum atomic E-state index is 11.9. The van der Waals surface area contributed by atoms with Crippen LogP contribution < -0.4 is 0 Å². The van der Waals surface area contributed by atoms with Gasteiger partial charge in [0.2, 0.25) is 0 Å². The topological polar surface area (TPSA) is 29.5 Å². The number of carbonyl (C=O) groups excluding carboxylic acids is 1. The van der Waals surface area contributed by atoms with E-state index in [4.69, 9.17) is 4.74 Å². The molecule has 0 saturated carbocycles. The average molecular weight is 249 g/mol. The second-order valence-corrected chi connectivity index (χ2v) is 4.17. The van der Waals surface area contributed by atoms with Crippen molar-refractivity contribution in [2.45, 2.75) is 20.3 Å². The molecule has 0 aliphatic rings. The summed E-state index contributed by atoms with van der Waals surface area (Å²) in [5.41, 5.74) is 0.804. The second-order valence-electron chi connectivity index (χ2n) is 4.17. The number of Topliss-reactive ketones (excluding diaryl/α,β-unsaturated/α-hetero) is 1. The van der Waals surface area contributed by atoms with E-state index in [1.165, 1.54) is 0 Å². The number of hydrogen-bond acceptors (Lipinski definition) is 3. The van der Waals surface area contributed by atoms with Gasteiger partial charge in [-0.2, -0.15) is 0 Å². The molecule has 0 heterocycles. The van der Waals surface area contributed by atoms with E-state index in [0.29, 0.717) is 6.42 Å². The van der Waals surface area contributed by atoms with E-state index in [1.54, 1.807) is 0 Å². The van der Waals surface area contributed by atoms with Gasteiger partial charge in [0, 0.05) is 31.7 Å². The van der Waals surface area contributed by atoms with Crippen LogP contribution >= 0.6 is 0 Å². The van der Waals surface area contributed by atoms with Gasteiger partial charge in [0.05, 0.1) is 6.61 Å². The van der Waals surface area contributed by atoms with E-state index >= 15 is 0 Å². The SMILES string of the molecule is CCOCCN(CC)CCC(=O)c1ccccc1. The van der Waals surface area contributed by atoms with Crippen LogP contribution in [0.15, 0.2) is 30.3 Å². The molecule has 1 rings (SSSR count). The van der Waals surface area contributed by atoms with Gasteiger partial charge >= 0.3 is 0 Å². The van der Waals surface area contributed by atoms with Gasteiger partial charge in [-0.1, -0.05) is 37.3 Å². The van der Waals surface area contributed by atoms with Gasteiger partial charge in [-0.05, 0) is 13.5 Å². The van der Waals surface area contributed by atoms with E-state index in [0.717, 1.165) is 38.4 Å². The van der Waals surface area contributed by atoms with Gasteiger partial charge in [-0.3, -0.25) is 4.79 Å². The molecular weight excluding hydrogens is 226 g/mol. The Labute approximate surface area is 110 Å². The zero-order valence-electron chi connectivity index (χ0n) is 11.4. The number of carbonyl (C=O) groups is 1. The van der Waals surface area contributed by atoms with E-state index in [2.05, 4.69) is 11.8 Å². The third-order valence-corrected chi connectivity index (χ3v) is 2.95. The maximum absolute atomic E-state index is 11.9. The fourth-order valence-corrected chi connectivity index (χ4v) is 1.79. The minimum absolute atomic E-state index is 0.213. The Kier molecular flexibility index (Phi) is 7.30. The molecule has 0 unspecified atom stereocenters. The normalized spacial score (nSPS) is 10.8. The van der Waals surface area contributed by atoms with Gasteiger partial charge in [0.1, 0.15) is 0 Å². The van der Waals surface area contributed by atoms with Crippen molar-refractivity contribution in [3.8, 4) is 0 Å². The Bertz CT molecular complexity index is 338. The lowest BCUT2D eigenvalue weighted by Crippen LogP contribution is -2.29. The number of ketones is 1. The van der Waals surface area contributed by atoms with Crippen LogP contribution in [0, 0.1) is 0 Å². The van der Waals surface area contributed by atoms with Crippen LogP contribution in [0.5, 0.6) is 0 Å². The Morgan fingerprint density at radius 2 is 1.89 bits per heavy atom. The monoisotopic (exact) mass is 249 g/mol. The second kappa shape index (κ2) is 8.84. The summed E-state index contributed by atoms with van der Waals surface area (Å²) in [6.45, 7) is 8.25. The lowest BCUT2D eigenvalue weighted by Gasteiger charge is -2.19. The van der Waals surface area contributed by atoms with Crippen LogP contribution in [0.2, 0.25) is 0 Å². The van der Waals surface area contributed by atoms with E-state index < -0.39 is 0 Å². The zero-order chi connectivity index (χ0) is 13.2. The van der Waals surface area contributed by atoms with Crippen LogP contribution in [0.3, 0.4) is 0 Å². The number of ether oxygens (including phenoxy) is 1. The molecule has 100 valence electrons. The Balaban J connectivity index is 2.32. The first-order chi connectivity index (χ1) is 8.77. The van der Waals surface area contributed by atoms with Gasteiger partial charge in [-0.25, -0.2) is 0 Å². The number of hydrogen-bond donors (Lipinski definition) is 0. The molecular formula is C15H23NO2. The molecule has 3 nitrogen and oxygen atoms in total. The molecule has 0 saturated heterocycles. The number of nitrogens with zero attached hydrogens (tertiary/aromatic N) is 1. The molecule has 0 N–H and O–H groups in total. The van der Waals surface area contributed by atoms with Crippen molar-refractivity contribution in [2.24, 2.45) is 0 Å². The highest BCUT2D eigenvalue weighted by molar-refractivity contribution is 5.96. The largest absolute Gasteiger partial charge is 0.380 e. The van der Waals surface area contributed by atoms with E-state index in [-0.39, 0.29) is 5.78 Å². The molecule has 3 heteroatoms. The summed E-state index contributed by atoms with van der Waals surface area (Å²) >= 11 is 0. The molecule has 0 aromatic heterocycles. The van der Waals surface area contributed by atoms with Crippen molar-refractivity contribution < 1.29 is 9.53 Å². The fraction of sp³-hybridized carbons (Fsp3) is 0.533. The Morgan fingerprint density at radius 3 is 2.50 bits per heavy atom. The molecule has 0 bridgehead atoms. The quantitative estimate of drug-likeness (QED) is 0.498. The van der Waals surface area contributed by atoms with Crippen molar-refractivity contribution in [3.63, 3.8) is 0 Å². The summed E-state index contributed by atoms with van der Waals surface area (Å²) in [5.74, 6) is 0.213. The molecule has 0 fully saturated rings. The molecule has 0 spiro atoms. The van der Waals surface area contributed by atoms with E-state index in [1.807, 2.05) is 37.3 Å². The Hall–Kier alpha value is -1.19. The van der Waals surface area contributed by atoms with Crippen molar-refractivity contribution in [3.05, 3.63) is 35.9 Å². The van der Waals surface area contributed by atoms with Crippen LogP contribution in [-0.2, 0) is 4.74 Å². The predicted octanol–water partition coefficient (Wildman–Crippen LogP) is 2.62. The number of likely N-dealkylation sites (N-methyl/N-ethyl adjacent to an activating group) is 1. The van der Waals surface area contributed by atoms with Crippen LogP contribution in [0.25, 0.3) is 0 Å². The van der Waals surface area contributed by atoms with Crippen LogP contribution in [-0.4, -0.2) is 43.5 Å². The minimum Gasteiger partial charge on any atom is -0.380 e. The first-order valence-corrected chi connectivity index (χ1v) is 6.66. The smallest absolute Gasteiger partial charge is 0.164 e. The van der Waals surface area contributed by atoms with E-state index in [9.17, 15) is 4.79 Å². The third kappa shape index (κ3) is 5.43. The van der Waals surface area contributed by atoms with Gasteiger partial charge in [0.15, 0.2) is 5.78 Å². The highest BCUT2D eigenvalue weighted by atomic mass is 16.5. The average Bonchev–Trinajstić information content (AvgIpc) is 2.43. The van der Waals surface area contributed by atoms with Crippen molar-refractivity contribution in [2.75, 3.05) is 32.8 Å². The first kappa shape index (κ1) is 14.9. The maximum Gasteiger partial charge on any atom is 0.164 e. The Morgan fingerprint density at radius 1 is 1.17 bits per heavy atom. The van der Waals surface area contributed by atoms with Gasteiger partial charge in [-0.15, -0.1) is 0 Å². The molecule has 1 aromatic carbocycles. The summed E-state index contributed by atoms with van der Waals surface area (Å²) in [6, 6.07) is 9.48. The summed E-state index contributed by atoms with van der Waals surface area (Å²) in [7, 11) is 0. The molecule has 0 aliphatic heterocycles. The number of rotatable bonds is 9. The third-order valence-electron chi connectivity index (χ3n) is 2.95. The zero-order valence-corrected chi connectivity index (χ0v) is 11.4. The molecule has 0 radical (unpaired) electrons. The molecule has 18 heavy (non-hydrogen) atoms. The van der Waals surface area contributed by atoms with Crippen molar-refractivity contribution in [1.82, 2.24) is 4.90 Å². The van der Waals surface area contributed by atoms with Gasteiger partial charge in [0.25, 0.3) is 0 Å². The number of benzene rings is 1. The molecule has 0 aliphatic carbocycles. The lowest BCUT2D eigenvalue weighted by atomic mass is 10.1. The first-order valence-electron chi connectivity index (χ1n) is 6.66. The van der Waals surface area contributed by atoms with Crippen LogP contribution in [0.4, 0.5) is 0 Å². The summed E-state index contributed by atoms with van der Waals surface area (Å²) in [4.78, 5) is 14.2. The lowest BCUT2D eigenvalue weighted by molar-refractivity contribution is 0.0930. The van der Waals surface area contributed by atoms with Crippen molar-refractivity contribution >= 4 is 5.78 Å². The predicted molar refractivity (Wildman–Crippen MR) is 74.0 cm³/mol. The highest BCUT2D eigenvalue weighted by Crippen LogP contribution is 2.04. The molecule has 0 amide bonds. The standard InChI is InChI=1S/C15H23NO2/c1-3-16(12-13-18-4-2)11-10-15(17)14-8-6-5-7-9-14/h5-9H,3-4,10-13H2,1-2H3. The molecule has 1 aromatic rings. The fourth-order valence-electron chi connectivity index (χ4n) is 1.79. The summed E-state index contributed by atoms with van der Waals surface area (Å²) in [6.07, 6.45) is 0.573. The van der Waals surface area contributed by atoms with Crippen LogP contribution in [0.1, 0.15) is 30.6 Å². The van der Waals surface area contributed by atoms with Gasteiger partial charge < -0.3 is 9.64 Å².